The molecular formula is C29H28ClN3O3. The number of anilines is 1. The van der Waals surface area contributed by atoms with Crippen LogP contribution in [-0.4, -0.2) is 22.8 Å². The van der Waals surface area contributed by atoms with E-state index in [1.54, 1.807) is 13.2 Å². The lowest BCUT2D eigenvalue weighted by Crippen LogP contribution is -2.09. The third-order valence-corrected chi connectivity index (χ3v) is 5.88. The lowest BCUT2D eigenvalue weighted by molar-refractivity contribution is -0.111. The highest BCUT2D eigenvalue weighted by Crippen LogP contribution is 2.23. The molecule has 0 bridgehead atoms. The normalized spacial score (nSPS) is 11.0. The summed E-state index contributed by atoms with van der Waals surface area (Å²) in [5.41, 5.74) is 4.94. The lowest BCUT2D eigenvalue weighted by atomic mass is 10.1. The van der Waals surface area contributed by atoms with Gasteiger partial charge in [-0.1, -0.05) is 47.5 Å². The van der Waals surface area contributed by atoms with Gasteiger partial charge in [0.15, 0.2) is 5.82 Å². The zero-order chi connectivity index (χ0) is 25.5. The molecule has 4 rings (SSSR count). The van der Waals surface area contributed by atoms with Gasteiger partial charge in [-0.05, 0) is 67.4 Å². The molecule has 4 aromatic rings. The zero-order valence-corrected chi connectivity index (χ0v) is 21.3. The predicted octanol–water partition coefficient (Wildman–Crippen LogP) is 6.44. The van der Waals surface area contributed by atoms with E-state index in [0.29, 0.717) is 24.0 Å². The maximum atomic E-state index is 12.5. The molecule has 0 fully saturated rings. The number of methoxy groups -OCH3 is 1. The van der Waals surface area contributed by atoms with Crippen LogP contribution in [0, 0.1) is 13.8 Å². The number of amides is 1. The van der Waals surface area contributed by atoms with Gasteiger partial charge in [0.05, 0.1) is 13.7 Å². The number of aromatic nitrogens is 2. The van der Waals surface area contributed by atoms with E-state index >= 15 is 0 Å². The molecular weight excluding hydrogens is 474 g/mol. The average molecular weight is 502 g/mol. The van der Waals surface area contributed by atoms with Gasteiger partial charge in [0.1, 0.15) is 18.1 Å². The van der Waals surface area contributed by atoms with Gasteiger partial charge in [0.25, 0.3) is 0 Å². The summed E-state index contributed by atoms with van der Waals surface area (Å²) < 4.78 is 13.2. The Bertz CT molecular complexity index is 1360. The highest BCUT2D eigenvalue weighted by Gasteiger charge is 2.08. The Morgan fingerprint density at radius 3 is 2.50 bits per heavy atom. The van der Waals surface area contributed by atoms with E-state index < -0.39 is 0 Å². The number of hydrogen-bond donors (Lipinski definition) is 1. The number of aryl methyl sites for hydroxylation is 2. The van der Waals surface area contributed by atoms with Crippen molar-refractivity contribution < 1.29 is 14.3 Å². The van der Waals surface area contributed by atoms with Gasteiger partial charge in [-0.25, -0.2) is 0 Å². The smallest absolute Gasteiger partial charge is 0.249 e. The maximum absolute atomic E-state index is 12.5. The molecule has 0 radical (unpaired) electrons. The summed E-state index contributed by atoms with van der Waals surface area (Å²) in [5, 5.41) is 8.02. The third kappa shape index (κ3) is 6.77. The topological polar surface area (TPSA) is 65.4 Å². The van der Waals surface area contributed by atoms with Crippen LogP contribution in [0.5, 0.6) is 11.5 Å². The highest BCUT2D eigenvalue weighted by atomic mass is 35.5. The number of carbonyl (C=O) groups excluding carboxylic acids is 1. The molecule has 0 atom stereocenters. The van der Waals surface area contributed by atoms with Gasteiger partial charge in [-0.15, -0.1) is 0 Å². The average Bonchev–Trinajstić information content (AvgIpc) is 3.21. The standard InChI is InChI=1S/C29H28ClN3O3/c1-20-4-12-26(13-5-20)36-19-24-17-22(8-14-27(24)35-3)9-15-29(34)31-28-16-21(2)33(32-28)18-23-6-10-25(30)11-7-23/h4-17H,18-19H2,1-3H3,(H,31,32,34)/b15-9+. The van der Waals surface area contributed by atoms with E-state index in [9.17, 15) is 4.79 Å². The second-order valence-electron chi connectivity index (χ2n) is 8.45. The van der Waals surface area contributed by atoms with E-state index in [1.165, 1.54) is 11.6 Å². The zero-order valence-electron chi connectivity index (χ0n) is 20.5. The Kier molecular flexibility index (Phi) is 8.08. The number of carbonyl (C=O) groups is 1. The van der Waals surface area contributed by atoms with E-state index in [1.807, 2.05) is 91.3 Å². The van der Waals surface area contributed by atoms with Crippen LogP contribution in [0.25, 0.3) is 6.08 Å². The van der Waals surface area contributed by atoms with E-state index in [0.717, 1.165) is 33.9 Å². The Morgan fingerprint density at radius 1 is 1.03 bits per heavy atom. The van der Waals surface area contributed by atoms with Crippen LogP contribution >= 0.6 is 11.6 Å². The first-order valence-corrected chi connectivity index (χ1v) is 11.9. The van der Waals surface area contributed by atoms with Crippen LogP contribution in [0.2, 0.25) is 5.02 Å². The Morgan fingerprint density at radius 2 is 1.78 bits per heavy atom. The monoisotopic (exact) mass is 501 g/mol. The molecule has 1 aromatic heterocycles. The van der Waals surface area contributed by atoms with E-state index in [2.05, 4.69) is 10.4 Å². The summed E-state index contributed by atoms with van der Waals surface area (Å²) in [6.45, 7) is 4.93. The molecule has 184 valence electrons. The molecule has 0 aliphatic rings. The summed E-state index contributed by atoms with van der Waals surface area (Å²) in [7, 11) is 1.63. The molecule has 3 aromatic carbocycles. The van der Waals surface area contributed by atoms with E-state index in [-0.39, 0.29) is 5.91 Å². The lowest BCUT2D eigenvalue weighted by Gasteiger charge is -2.11. The number of ether oxygens (including phenoxy) is 2. The summed E-state index contributed by atoms with van der Waals surface area (Å²) in [4.78, 5) is 12.5. The van der Waals surface area contributed by atoms with Crippen molar-refractivity contribution in [1.29, 1.82) is 0 Å². The molecule has 0 unspecified atom stereocenters. The number of nitrogens with one attached hydrogen (secondary N) is 1. The van der Waals surface area contributed by atoms with E-state index in [4.69, 9.17) is 21.1 Å². The molecule has 6 nitrogen and oxygen atoms in total. The number of benzene rings is 3. The van der Waals surface area contributed by atoms with Gasteiger partial charge in [0, 0.05) is 28.4 Å². The molecule has 0 aliphatic carbocycles. The molecule has 1 heterocycles. The van der Waals surface area contributed by atoms with Crippen molar-refractivity contribution in [3.8, 4) is 11.5 Å². The predicted molar refractivity (Wildman–Crippen MR) is 144 cm³/mol. The molecule has 0 saturated heterocycles. The van der Waals surface area contributed by atoms with Crippen molar-refractivity contribution in [2.75, 3.05) is 12.4 Å². The number of nitrogens with zero attached hydrogens (tertiary/aromatic N) is 2. The van der Waals surface area contributed by atoms with Crippen LogP contribution in [0.1, 0.15) is 27.9 Å². The van der Waals surface area contributed by atoms with Gasteiger partial charge < -0.3 is 14.8 Å². The largest absolute Gasteiger partial charge is 0.496 e. The van der Waals surface area contributed by atoms with Crippen LogP contribution in [0.15, 0.2) is 78.9 Å². The summed E-state index contributed by atoms with van der Waals surface area (Å²) >= 11 is 5.96. The molecule has 36 heavy (non-hydrogen) atoms. The van der Waals surface area contributed by atoms with Crippen LogP contribution in [0.4, 0.5) is 5.82 Å². The second kappa shape index (κ2) is 11.6. The number of rotatable bonds is 9. The fourth-order valence-corrected chi connectivity index (χ4v) is 3.77. The Hall–Kier alpha value is -4.03. The summed E-state index contributed by atoms with van der Waals surface area (Å²) in [6, 6.07) is 23.1. The molecule has 7 heteroatoms. The van der Waals surface area contributed by atoms with Gasteiger partial charge in [-0.3, -0.25) is 9.48 Å². The molecule has 1 amide bonds. The minimum Gasteiger partial charge on any atom is -0.496 e. The highest BCUT2D eigenvalue weighted by molar-refractivity contribution is 6.30. The van der Waals surface area contributed by atoms with Crippen LogP contribution < -0.4 is 14.8 Å². The Labute approximate surface area is 216 Å². The fraction of sp³-hybridized carbons (Fsp3) is 0.172. The molecule has 0 saturated carbocycles. The second-order valence-corrected chi connectivity index (χ2v) is 8.89. The van der Waals surface area contributed by atoms with Crippen molar-refractivity contribution >= 4 is 29.4 Å². The van der Waals surface area contributed by atoms with Crippen molar-refractivity contribution in [1.82, 2.24) is 9.78 Å². The SMILES string of the molecule is COc1ccc(/C=C/C(=O)Nc2cc(C)n(Cc3ccc(Cl)cc3)n2)cc1COc1ccc(C)cc1. The first-order chi connectivity index (χ1) is 17.4. The van der Waals surface area contributed by atoms with Crippen molar-refractivity contribution in [3.63, 3.8) is 0 Å². The fourth-order valence-electron chi connectivity index (χ4n) is 3.64. The van der Waals surface area contributed by atoms with Gasteiger partial charge >= 0.3 is 0 Å². The summed E-state index contributed by atoms with van der Waals surface area (Å²) in [5.74, 6) is 1.75. The first kappa shape index (κ1) is 25.1. The quantitative estimate of drug-likeness (QED) is 0.268. The number of hydrogen-bond acceptors (Lipinski definition) is 4. The maximum Gasteiger partial charge on any atom is 0.249 e. The van der Waals surface area contributed by atoms with Crippen LogP contribution in [-0.2, 0) is 17.9 Å². The van der Waals surface area contributed by atoms with Crippen molar-refractivity contribution in [2.45, 2.75) is 27.0 Å². The third-order valence-electron chi connectivity index (χ3n) is 5.62. The van der Waals surface area contributed by atoms with Crippen molar-refractivity contribution in [3.05, 3.63) is 112 Å². The minimum absolute atomic E-state index is 0.264. The first-order valence-electron chi connectivity index (χ1n) is 11.5. The van der Waals surface area contributed by atoms with Gasteiger partial charge in [0.2, 0.25) is 5.91 Å². The molecule has 0 aliphatic heterocycles. The molecule has 0 spiro atoms. The Balaban J connectivity index is 1.38. The van der Waals surface area contributed by atoms with Gasteiger partial charge in [-0.2, -0.15) is 5.10 Å². The minimum atomic E-state index is -0.264. The number of halogens is 1. The van der Waals surface area contributed by atoms with Crippen LogP contribution in [0.3, 0.4) is 0 Å². The summed E-state index contributed by atoms with van der Waals surface area (Å²) in [6.07, 6.45) is 3.24. The molecule has 1 N–H and O–H groups in total. The van der Waals surface area contributed by atoms with Crippen molar-refractivity contribution in [2.24, 2.45) is 0 Å².